The quantitative estimate of drug-likeness (QED) is 0.626. The SMILES string of the molecule is CCCNC(=O)[C@H](CC)N(Cc1ccc(Cl)cc1)C(=O)COc1cccc(C)c1. The Labute approximate surface area is 178 Å². The van der Waals surface area contributed by atoms with Crippen LogP contribution in [0.2, 0.25) is 5.02 Å². The standard InChI is InChI=1S/C23H29ClN2O3/c1-4-13-25-23(28)21(5-2)26(15-18-9-11-19(24)12-10-18)22(27)16-29-20-8-6-7-17(3)14-20/h6-12,14,21H,4-5,13,15-16H2,1-3H3,(H,25,28)/t21-/m0/s1. The third-order valence-corrected chi connectivity index (χ3v) is 4.81. The first-order valence-electron chi connectivity index (χ1n) is 9.95. The fourth-order valence-electron chi connectivity index (χ4n) is 3.01. The Balaban J connectivity index is 2.17. The van der Waals surface area contributed by atoms with Gasteiger partial charge in [-0.15, -0.1) is 0 Å². The Morgan fingerprint density at radius 2 is 1.86 bits per heavy atom. The van der Waals surface area contributed by atoms with Crippen LogP contribution in [-0.2, 0) is 16.1 Å². The second-order valence-corrected chi connectivity index (χ2v) is 7.40. The number of carbonyl (C=O) groups is 2. The van der Waals surface area contributed by atoms with E-state index in [1.165, 1.54) is 0 Å². The molecule has 2 aromatic carbocycles. The molecule has 29 heavy (non-hydrogen) atoms. The molecule has 0 aliphatic rings. The molecule has 0 aliphatic heterocycles. The lowest BCUT2D eigenvalue weighted by molar-refractivity contribution is -0.143. The molecule has 2 aromatic rings. The molecule has 0 bridgehead atoms. The number of hydrogen-bond acceptors (Lipinski definition) is 3. The summed E-state index contributed by atoms with van der Waals surface area (Å²) in [5.41, 5.74) is 1.96. The molecule has 0 spiro atoms. The maximum absolute atomic E-state index is 13.0. The molecular formula is C23H29ClN2O3. The molecule has 0 aliphatic carbocycles. The maximum atomic E-state index is 13.0. The second kappa shape index (κ2) is 11.5. The number of aryl methyl sites for hydroxylation is 1. The number of nitrogens with zero attached hydrogens (tertiary/aromatic N) is 1. The largest absolute Gasteiger partial charge is 0.484 e. The summed E-state index contributed by atoms with van der Waals surface area (Å²) in [6, 6.07) is 14.3. The van der Waals surface area contributed by atoms with Crippen LogP contribution >= 0.6 is 11.6 Å². The van der Waals surface area contributed by atoms with E-state index in [9.17, 15) is 9.59 Å². The Morgan fingerprint density at radius 1 is 1.14 bits per heavy atom. The first-order valence-corrected chi connectivity index (χ1v) is 10.3. The molecule has 0 saturated heterocycles. The highest BCUT2D eigenvalue weighted by Crippen LogP contribution is 2.17. The molecule has 0 heterocycles. The van der Waals surface area contributed by atoms with Crippen molar-refractivity contribution in [3.05, 3.63) is 64.7 Å². The predicted molar refractivity (Wildman–Crippen MR) is 116 cm³/mol. The van der Waals surface area contributed by atoms with E-state index < -0.39 is 6.04 Å². The van der Waals surface area contributed by atoms with Crippen LogP contribution < -0.4 is 10.1 Å². The minimum Gasteiger partial charge on any atom is -0.484 e. The molecule has 0 unspecified atom stereocenters. The molecule has 0 fully saturated rings. The van der Waals surface area contributed by atoms with Crippen molar-refractivity contribution in [3.8, 4) is 5.75 Å². The predicted octanol–water partition coefficient (Wildman–Crippen LogP) is 4.36. The smallest absolute Gasteiger partial charge is 0.261 e. The van der Waals surface area contributed by atoms with Crippen LogP contribution in [0.3, 0.4) is 0 Å². The summed E-state index contributed by atoms with van der Waals surface area (Å²) in [4.78, 5) is 27.3. The Bertz CT molecular complexity index is 808. The van der Waals surface area contributed by atoms with Gasteiger partial charge in [0.15, 0.2) is 6.61 Å². The molecule has 0 saturated carbocycles. The van der Waals surface area contributed by atoms with Gasteiger partial charge in [-0.1, -0.05) is 49.7 Å². The third kappa shape index (κ3) is 7.09. The zero-order chi connectivity index (χ0) is 21.2. The number of hydrogen-bond donors (Lipinski definition) is 1. The maximum Gasteiger partial charge on any atom is 0.261 e. The number of halogens is 1. The highest BCUT2D eigenvalue weighted by molar-refractivity contribution is 6.30. The highest BCUT2D eigenvalue weighted by Gasteiger charge is 2.28. The summed E-state index contributed by atoms with van der Waals surface area (Å²) in [7, 11) is 0. The summed E-state index contributed by atoms with van der Waals surface area (Å²) in [6.45, 7) is 6.62. The molecule has 156 valence electrons. The normalized spacial score (nSPS) is 11.6. The average Bonchev–Trinajstić information content (AvgIpc) is 2.71. The second-order valence-electron chi connectivity index (χ2n) is 6.97. The Hall–Kier alpha value is -2.53. The third-order valence-electron chi connectivity index (χ3n) is 4.55. The Morgan fingerprint density at radius 3 is 2.48 bits per heavy atom. The van der Waals surface area contributed by atoms with E-state index >= 15 is 0 Å². The molecule has 1 N–H and O–H groups in total. The van der Waals surface area contributed by atoms with Crippen LogP contribution in [-0.4, -0.2) is 35.9 Å². The number of ether oxygens (including phenoxy) is 1. The molecule has 0 radical (unpaired) electrons. The van der Waals surface area contributed by atoms with Crippen LogP contribution in [0.1, 0.15) is 37.8 Å². The summed E-state index contributed by atoms with van der Waals surface area (Å²) in [5.74, 6) is 0.250. The molecule has 0 aromatic heterocycles. The highest BCUT2D eigenvalue weighted by atomic mass is 35.5. The summed E-state index contributed by atoms with van der Waals surface area (Å²) < 4.78 is 5.70. The van der Waals surface area contributed by atoms with Crippen molar-refractivity contribution in [2.24, 2.45) is 0 Å². The molecule has 6 heteroatoms. The van der Waals surface area contributed by atoms with Gasteiger partial charge in [0.2, 0.25) is 5.91 Å². The van der Waals surface area contributed by atoms with Gasteiger partial charge in [-0.3, -0.25) is 9.59 Å². The zero-order valence-corrected chi connectivity index (χ0v) is 18.0. The van der Waals surface area contributed by atoms with E-state index in [2.05, 4.69) is 5.32 Å². The van der Waals surface area contributed by atoms with Crippen LogP contribution in [0, 0.1) is 6.92 Å². The van der Waals surface area contributed by atoms with Gasteiger partial charge >= 0.3 is 0 Å². The molecular weight excluding hydrogens is 388 g/mol. The van der Waals surface area contributed by atoms with E-state index in [1.807, 2.05) is 57.2 Å². The van der Waals surface area contributed by atoms with Gasteiger partial charge in [0.1, 0.15) is 11.8 Å². The van der Waals surface area contributed by atoms with E-state index in [0.717, 1.165) is 17.5 Å². The van der Waals surface area contributed by atoms with Gasteiger partial charge < -0.3 is 15.0 Å². The van der Waals surface area contributed by atoms with Gasteiger partial charge in [-0.2, -0.15) is 0 Å². The van der Waals surface area contributed by atoms with E-state index in [0.29, 0.717) is 30.3 Å². The first-order chi connectivity index (χ1) is 13.9. The lowest BCUT2D eigenvalue weighted by Gasteiger charge is -2.30. The first kappa shape index (κ1) is 22.8. The van der Waals surface area contributed by atoms with Crippen molar-refractivity contribution in [2.75, 3.05) is 13.2 Å². The minimum atomic E-state index is -0.564. The number of amides is 2. The molecule has 1 atom stereocenters. The van der Waals surface area contributed by atoms with Crippen LogP contribution in [0.5, 0.6) is 5.75 Å². The summed E-state index contributed by atoms with van der Waals surface area (Å²) >= 11 is 5.97. The fraction of sp³-hybridized carbons (Fsp3) is 0.391. The molecule has 2 rings (SSSR count). The van der Waals surface area contributed by atoms with Crippen molar-refractivity contribution < 1.29 is 14.3 Å². The fourth-order valence-corrected chi connectivity index (χ4v) is 3.13. The van der Waals surface area contributed by atoms with Crippen molar-refractivity contribution in [1.82, 2.24) is 10.2 Å². The number of nitrogens with one attached hydrogen (secondary N) is 1. The van der Waals surface area contributed by atoms with Gasteiger partial charge in [-0.05, 0) is 55.2 Å². The molecule has 2 amide bonds. The van der Waals surface area contributed by atoms with Gasteiger partial charge in [0.05, 0.1) is 0 Å². The summed E-state index contributed by atoms with van der Waals surface area (Å²) in [5, 5.41) is 3.53. The average molecular weight is 417 g/mol. The van der Waals surface area contributed by atoms with Crippen LogP contribution in [0.15, 0.2) is 48.5 Å². The van der Waals surface area contributed by atoms with Gasteiger partial charge in [0.25, 0.3) is 5.91 Å². The van der Waals surface area contributed by atoms with E-state index in [4.69, 9.17) is 16.3 Å². The van der Waals surface area contributed by atoms with Gasteiger partial charge in [0, 0.05) is 18.1 Å². The van der Waals surface area contributed by atoms with Crippen molar-refractivity contribution >= 4 is 23.4 Å². The Kier molecular flexibility index (Phi) is 9.00. The zero-order valence-electron chi connectivity index (χ0n) is 17.3. The molecule has 5 nitrogen and oxygen atoms in total. The number of carbonyl (C=O) groups excluding carboxylic acids is 2. The lowest BCUT2D eigenvalue weighted by atomic mass is 10.1. The minimum absolute atomic E-state index is 0.130. The summed E-state index contributed by atoms with van der Waals surface area (Å²) in [6.07, 6.45) is 1.35. The van der Waals surface area contributed by atoms with Crippen LogP contribution in [0.4, 0.5) is 0 Å². The van der Waals surface area contributed by atoms with Gasteiger partial charge in [-0.25, -0.2) is 0 Å². The lowest BCUT2D eigenvalue weighted by Crippen LogP contribution is -2.50. The van der Waals surface area contributed by atoms with E-state index in [1.54, 1.807) is 17.0 Å². The van der Waals surface area contributed by atoms with Crippen LogP contribution in [0.25, 0.3) is 0 Å². The van der Waals surface area contributed by atoms with Crippen molar-refractivity contribution in [3.63, 3.8) is 0 Å². The monoisotopic (exact) mass is 416 g/mol. The van der Waals surface area contributed by atoms with Crippen molar-refractivity contribution in [2.45, 2.75) is 46.2 Å². The topological polar surface area (TPSA) is 58.6 Å². The van der Waals surface area contributed by atoms with Crippen molar-refractivity contribution in [1.29, 1.82) is 0 Å². The number of benzene rings is 2. The van der Waals surface area contributed by atoms with E-state index in [-0.39, 0.29) is 18.4 Å². The number of rotatable bonds is 10.